The normalized spacial score (nSPS) is 11.5. The van der Waals surface area contributed by atoms with Crippen molar-refractivity contribution in [3.05, 3.63) is 60.8 Å². The van der Waals surface area contributed by atoms with E-state index in [-0.39, 0.29) is 5.82 Å². The van der Waals surface area contributed by atoms with Crippen molar-refractivity contribution >= 4 is 28.3 Å². The molecule has 132 valence electrons. The summed E-state index contributed by atoms with van der Waals surface area (Å²) in [7, 11) is 1.85. The Morgan fingerprint density at radius 1 is 1.07 bits per heavy atom. The highest BCUT2D eigenvalue weighted by atomic mass is 32.2. The minimum atomic E-state index is -0.328. The van der Waals surface area contributed by atoms with Crippen LogP contribution in [0.5, 0.6) is 0 Å². The van der Waals surface area contributed by atoms with Crippen LogP contribution in [-0.2, 0) is 7.05 Å². The van der Waals surface area contributed by atoms with E-state index in [1.807, 2.05) is 25.4 Å². The largest absolute Gasteiger partial charge is 0.275 e. The van der Waals surface area contributed by atoms with Crippen LogP contribution in [0.25, 0.3) is 27.8 Å². The zero-order chi connectivity index (χ0) is 18.4. The van der Waals surface area contributed by atoms with Gasteiger partial charge in [0.25, 0.3) is 0 Å². The zero-order valence-corrected chi connectivity index (χ0v) is 14.9. The fourth-order valence-electron chi connectivity index (χ4n) is 2.81. The molecule has 0 fully saturated rings. The molecule has 1 aromatic carbocycles. The van der Waals surface area contributed by atoms with Gasteiger partial charge in [-0.2, -0.15) is 14.7 Å². The van der Waals surface area contributed by atoms with Crippen LogP contribution in [0.15, 0.2) is 65.0 Å². The van der Waals surface area contributed by atoms with Gasteiger partial charge in [0.15, 0.2) is 5.65 Å². The van der Waals surface area contributed by atoms with Crippen LogP contribution in [-0.4, -0.2) is 34.6 Å². The van der Waals surface area contributed by atoms with Crippen molar-refractivity contribution in [1.82, 2.24) is 34.6 Å². The Balaban J connectivity index is 1.58. The number of aromatic nitrogens is 7. The van der Waals surface area contributed by atoms with Crippen LogP contribution in [0.1, 0.15) is 0 Å². The Kier molecular flexibility index (Phi) is 3.61. The fraction of sp³-hybridized carbons (Fsp3) is 0.0556. The maximum atomic E-state index is 14.9. The molecule has 0 N–H and O–H groups in total. The van der Waals surface area contributed by atoms with E-state index in [0.717, 1.165) is 11.3 Å². The van der Waals surface area contributed by atoms with Crippen molar-refractivity contribution in [2.24, 2.45) is 7.05 Å². The predicted molar refractivity (Wildman–Crippen MR) is 98.8 cm³/mol. The SMILES string of the molecule is Cn1cc(-c2ccc3nnc(Sc4ccc5ncccc5c4F)n3n2)cn1. The maximum Gasteiger partial charge on any atom is 0.217 e. The molecule has 0 aliphatic carbocycles. The van der Waals surface area contributed by atoms with Gasteiger partial charge in [-0.05, 0) is 48.2 Å². The minimum Gasteiger partial charge on any atom is -0.275 e. The molecular weight excluding hydrogens is 365 g/mol. The molecule has 0 unspecified atom stereocenters. The fourth-order valence-corrected chi connectivity index (χ4v) is 3.65. The van der Waals surface area contributed by atoms with Gasteiger partial charge in [0.1, 0.15) is 5.82 Å². The average molecular weight is 377 g/mol. The zero-order valence-electron chi connectivity index (χ0n) is 14.1. The van der Waals surface area contributed by atoms with E-state index >= 15 is 0 Å². The van der Waals surface area contributed by atoms with Crippen molar-refractivity contribution < 1.29 is 4.39 Å². The van der Waals surface area contributed by atoms with Gasteiger partial charge in [0, 0.05) is 30.4 Å². The number of aryl methyl sites for hydroxylation is 1. The third-order valence-corrected chi connectivity index (χ3v) is 5.09. The first-order valence-corrected chi connectivity index (χ1v) is 8.93. The van der Waals surface area contributed by atoms with Crippen LogP contribution >= 0.6 is 11.8 Å². The summed E-state index contributed by atoms with van der Waals surface area (Å²) in [6.07, 6.45) is 5.26. The Morgan fingerprint density at radius 3 is 2.85 bits per heavy atom. The molecule has 27 heavy (non-hydrogen) atoms. The maximum absolute atomic E-state index is 14.9. The molecule has 5 aromatic rings. The van der Waals surface area contributed by atoms with Crippen molar-refractivity contribution in [2.75, 3.05) is 0 Å². The first-order valence-electron chi connectivity index (χ1n) is 8.11. The van der Waals surface area contributed by atoms with E-state index < -0.39 is 0 Å². The number of halogens is 1. The van der Waals surface area contributed by atoms with Gasteiger partial charge in [-0.1, -0.05) is 0 Å². The van der Waals surface area contributed by atoms with Gasteiger partial charge in [-0.25, -0.2) is 4.39 Å². The summed E-state index contributed by atoms with van der Waals surface area (Å²) in [4.78, 5) is 4.62. The standard InChI is InChI=1S/C18H12FN7S/c1-25-10-11(9-21-25)13-5-7-16-22-23-18(26(16)24-13)27-15-6-4-14-12(17(15)19)3-2-8-20-14/h2-10H,1H3. The predicted octanol–water partition coefficient (Wildman–Crippen LogP) is 3.36. The molecule has 0 saturated heterocycles. The molecule has 0 radical (unpaired) electrons. The topological polar surface area (TPSA) is 73.8 Å². The third-order valence-electron chi connectivity index (χ3n) is 4.12. The van der Waals surface area contributed by atoms with E-state index in [4.69, 9.17) is 0 Å². The highest BCUT2D eigenvalue weighted by Gasteiger charge is 2.15. The highest BCUT2D eigenvalue weighted by molar-refractivity contribution is 7.99. The van der Waals surface area contributed by atoms with E-state index in [1.54, 1.807) is 45.9 Å². The van der Waals surface area contributed by atoms with E-state index in [1.165, 1.54) is 11.8 Å². The third kappa shape index (κ3) is 2.72. The lowest BCUT2D eigenvalue weighted by Crippen LogP contribution is -1.96. The number of pyridine rings is 1. The Labute approximate surface area is 156 Å². The van der Waals surface area contributed by atoms with Crippen LogP contribution in [0.4, 0.5) is 4.39 Å². The Hall–Kier alpha value is -3.33. The summed E-state index contributed by atoms with van der Waals surface area (Å²) in [6, 6.07) is 10.6. The number of rotatable bonds is 3. The van der Waals surface area contributed by atoms with Crippen LogP contribution in [0.2, 0.25) is 0 Å². The number of hydrogen-bond acceptors (Lipinski definition) is 6. The van der Waals surface area contributed by atoms with Crippen molar-refractivity contribution in [2.45, 2.75) is 10.1 Å². The second-order valence-corrected chi connectivity index (χ2v) is 6.93. The van der Waals surface area contributed by atoms with Gasteiger partial charge in [-0.15, -0.1) is 10.2 Å². The molecule has 4 heterocycles. The second kappa shape index (κ2) is 6.13. The summed E-state index contributed by atoms with van der Waals surface area (Å²) in [5.74, 6) is -0.328. The van der Waals surface area contributed by atoms with Crippen LogP contribution < -0.4 is 0 Å². The number of fused-ring (bicyclic) bond motifs is 2. The molecular formula is C18H12FN7S. The monoisotopic (exact) mass is 377 g/mol. The first kappa shape index (κ1) is 15.9. The molecule has 5 rings (SSSR count). The lowest BCUT2D eigenvalue weighted by molar-refractivity contribution is 0.613. The van der Waals surface area contributed by atoms with Crippen molar-refractivity contribution in [1.29, 1.82) is 0 Å². The van der Waals surface area contributed by atoms with E-state index in [0.29, 0.717) is 26.6 Å². The molecule has 9 heteroatoms. The van der Waals surface area contributed by atoms with Gasteiger partial charge in [-0.3, -0.25) is 9.67 Å². The van der Waals surface area contributed by atoms with Gasteiger partial charge in [0.05, 0.1) is 22.3 Å². The molecule has 0 atom stereocenters. The van der Waals surface area contributed by atoms with Gasteiger partial charge in [0.2, 0.25) is 5.16 Å². The van der Waals surface area contributed by atoms with Gasteiger partial charge >= 0.3 is 0 Å². The summed E-state index contributed by atoms with van der Waals surface area (Å²) in [5, 5.41) is 18.0. The van der Waals surface area contributed by atoms with Crippen molar-refractivity contribution in [3.8, 4) is 11.3 Å². The molecule has 0 aliphatic rings. The highest BCUT2D eigenvalue weighted by Crippen LogP contribution is 2.32. The lowest BCUT2D eigenvalue weighted by Gasteiger charge is -2.05. The number of hydrogen-bond donors (Lipinski definition) is 0. The molecule has 0 aliphatic heterocycles. The number of nitrogens with zero attached hydrogens (tertiary/aromatic N) is 7. The molecule has 0 bridgehead atoms. The molecule has 0 amide bonds. The Bertz CT molecular complexity index is 1290. The van der Waals surface area contributed by atoms with Crippen LogP contribution in [0.3, 0.4) is 0 Å². The molecule has 0 saturated carbocycles. The quantitative estimate of drug-likeness (QED) is 0.480. The van der Waals surface area contributed by atoms with Gasteiger partial charge < -0.3 is 0 Å². The second-order valence-electron chi connectivity index (χ2n) is 5.92. The summed E-state index contributed by atoms with van der Waals surface area (Å²) in [6.45, 7) is 0. The summed E-state index contributed by atoms with van der Waals surface area (Å²) in [5.41, 5.74) is 2.82. The average Bonchev–Trinajstić information content (AvgIpc) is 3.30. The molecule has 4 aromatic heterocycles. The molecule has 0 spiro atoms. The lowest BCUT2D eigenvalue weighted by atomic mass is 10.2. The van der Waals surface area contributed by atoms with Crippen molar-refractivity contribution in [3.63, 3.8) is 0 Å². The molecule has 7 nitrogen and oxygen atoms in total. The summed E-state index contributed by atoms with van der Waals surface area (Å²) < 4.78 is 18.2. The summed E-state index contributed by atoms with van der Waals surface area (Å²) >= 11 is 1.18. The van der Waals surface area contributed by atoms with Crippen LogP contribution in [0, 0.1) is 5.82 Å². The Morgan fingerprint density at radius 2 is 2.00 bits per heavy atom. The number of benzene rings is 1. The minimum absolute atomic E-state index is 0.328. The smallest absolute Gasteiger partial charge is 0.217 e. The van der Waals surface area contributed by atoms with E-state index in [2.05, 4.69) is 25.4 Å². The van der Waals surface area contributed by atoms with E-state index in [9.17, 15) is 4.39 Å². The first-order chi connectivity index (χ1) is 13.2.